The van der Waals surface area contributed by atoms with E-state index in [9.17, 15) is 4.79 Å². The van der Waals surface area contributed by atoms with Gasteiger partial charge in [0.15, 0.2) is 0 Å². The lowest BCUT2D eigenvalue weighted by molar-refractivity contribution is -0.116. The van der Waals surface area contributed by atoms with Crippen molar-refractivity contribution in [1.82, 2.24) is 15.1 Å². The molecule has 6 heteroatoms. The van der Waals surface area contributed by atoms with Crippen molar-refractivity contribution in [3.05, 3.63) is 72.4 Å². The summed E-state index contributed by atoms with van der Waals surface area (Å²) >= 11 is 0. The number of aromatic nitrogens is 2. The fourth-order valence-electron chi connectivity index (χ4n) is 3.44. The summed E-state index contributed by atoms with van der Waals surface area (Å²) in [5, 5.41) is 7.68. The summed E-state index contributed by atoms with van der Waals surface area (Å²) < 4.78 is 12.6. The molecule has 0 radical (unpaired) electrons. The number of hydrogen-bond acceptors (Lipinski definition) is 4. The first-order chi connectivity index (χ1) is 14.7. The molecule has 4 rings (SSSR count). The second-order valence-electron chi connectivity index (χ2n) is 7.16. The maximum Gasteiger partial charge on any atom is 0.244 e. The lowest BCUT2D eigenvalue weighted by atomic mass is 10.1. The number of nitrogens with one attached hydrogen (secondary N) is 1. The van der Waals surface area contributed by atoms with Crippen LogP contribution in [0.5, 0.6) is 5.75 Å². The maximum absolute atomic E-state index is 12.3. The van der Waals surface area contributed by atoms with E-state index in [2.05, 4.69) is 5.32 Å². The van der Waals surface area contributed by atoms with Crippen LogP contribution in [-0.2, 0) is 9.53 Å². The topological polar surface area (TPSA) is 65.4 Å². The van der Waals surface area contributed by atoms with E-state index in [0.717, 1.165) is 47.7 Å². The Morgan fingerprint density at radius 2 is 2.03 bits per heavy atom. The Kier molecular flexibility index (Phi) is 6.25. The third-order valence-electron chi connectivity index (χ3n) is 5.07. The number of rotatable bonds is 7. The average Bonchev–Trinajstić information content (AvgIpc) is 3.47. The van der Waals surface area contributed by atoms with Crippen LogP contribution >= 0.6 is 0 Å². The fourth-order valence-corrected chi connectivity index (χ4v) is 3.44. The zero-order valence-electron chi connectivity index (χ0n) is 17.0. The number of methoxy groups -OCH3 is 1. The van der Waals surface area contributed by atoms with Gasteiger partial charge in [-0.2, -0.15) is 5.10 Å². The summed E-state index contributed by atoms with van der Waals surface area (Å²) in [5.41, 5.74) is 3.56. The monoisotopic (exact) mass is 403 g/mol. The number of hydrogen-bond donors (Lipinski definition) is 1. The van der Waals surface area contributed by atoms with Gasteiger partial charge in [-0.3, -0.25) is 4.79 Å². The first-order valence-electron chi connectivity index (χ1n) is 10.1. The van der Waals surface area contributed by atoms with Gasteiger partial charge in [0.25, 0.3) is 0 Å². The summed E-state index contributed by atoms with van der Waals surface area (Å²) in [6, 6.07) is 17.6. The Morgan fingerprint density at radius 1 is 1.23 bits per heavy atom. The van der Waals surface area contributed by atoms with Gasteiger partial charge in [-0.1, -0.05) is 18.2 Å². The lowest BCUT2D eigenvalue weighted by Crippen LogP contribution is -2.30. The van der Waals surface area contributed by atoms with Crippen molar-refractivity contribution in [1.29, 1.82) is 0 Å². The second kappa shape index (κ2) is 9.41. The van der Waals surface area contributed by atoms with Crippen LogP contribution < -0.4 is 10.1 Å². The van der Waals surface area contributed by atoms with E-state index < -0.39 is 0 Å². The Labute approximate surface area is 176 Å². The first kappa shape index (κ1) is 19.9. The van der Waals surface area contributed by atoms with E-state index in [-0.39, 0.29) is 12.0 Å². The maximum atomic E-state index is 12.3. The molecule has 0 bridgehead atoms. The van der Waals surface area contributed by atoms with Crippen LogP contribution in [0.1, 0.15) is 18.4 Å². The van der Waals surface area contributed by atoms with Gasteiger partial charge in [0.2, 0.25) is 5.91 Å². The summed E-state index contributed by atoms with van der Waals surface area (Å²) in [6.45, 7) is 1.32. The van der Waals surface area contributed by atoms with E-state index in [1.54, 1.807) is 19.3 Å². The molecule has 6 nitrogen and oxygen atoms in total. The third-order valence-corrected chi connectivity index (χ3v) is 5.07. The predicted octanol–water partition coefficient (Wildman–Crippen LogP) is 3.86. The molecule has 0 aliphatic carbocycles. The average molecular weight is 403 g/mol. The summed E-state index contributed by atoms with van der Waals surface area (Å²) in [4.78, 5) is 12.3. The van der Waals surface area contributed by atoms with Crippen LogP contribution in [0, 0.1) is 0 Å². The van der Waals surface area contributed by atoms with E-state index in [1.807, 2.05) is 65.5 Å². The van der Waals surface area contributed by atoms with Crippen LogP contribution in [0.15, 0.2) is 66.9 Å². The van der Waals surface area contributed by atoms with Crippen LogP contribution in [0.3, 0.4) is 0 Å². The van der Waals surface area contributed by atoms with E-state index >= 15 is 0 Å². The zero-order chi connectivity index (χ0) is 20.8. The second-order valence-corrected chi connectivity index (χ2v) is 7.16. The molecule has 154 valence electrons. The fraction of sp³-hybridized carbons (Fsp3) is 0.250. The number of nitrogens with zero attached hydrogens (tertiary/aromatic N) is 2. The van der Waals surface area contributed by atoms with Crippen molar-refractivity contribution in [3.63, 3.8) is 0 Å². The lowest BCUT2D eigenvalue weighted by Gasteiger charge is -2.08. The van der Waals surface area contributed by atoms with Crippen molar-refractivity contribution in [2.75, 3.05) is 20.3 Å². The molecular weight excluding hydrogens is 378 g/mol. The van der Waals surface area contributed by atoms with Gasteiger partial charge in [0.05, 0.1) is 24.6 Å². The smallest absolute Gasteiger partial charge is 0.244 e. The number of amides is 1. The molecule has 1 aliphatic heterocycles. The molecule has 2 heterocycles. The molecule has 0 unspecified atom stereocenters. The summed E-state index contributed by atoms with van der Waals surface area (Å²) in [6.07, 6.45) is 7.46. The molecule has 1 atom stereocenters. The number of ether oxygens (including phenoxy) is 2. The van der Waals surface area contributed by atoms with Crippen molar-refractivity contribution < 1.29 is 14.3 Å². The number of benzene rings is 2. The van der Waals surface area contributed by atoms with Gasteiger partial charge in [-0.15, -0.1) is 0 Å². The Hall–Kier alpha value is -3.38. The standard InChI is InChI=1S/C24H25N3O3/c1-29-21-12-9-18(10-13-21)24-19(17-27(26-24)20-6-3-2-4-7-20)11-14-23(28)25-16-22-8-5-15-30-22/h2-4,6-7,9-14,17,22H,5,8,15-16H2,1H3,(H,25,28)/b14-11+/t22-/m1/s1. The Morgan fingerprint density at radius 3 is 2.73 bits per heavy atom. The molecule has 2 aromatic carbocycles. The van der Waals surface area contributed by atoms with Crippen molar-refractivity contribution in [2.45, 2.75) is 18.9 Å². The highest BCUT2D eigenvalue weighted by atomic mass is 16.5. The van der Waals surface area contributed by atoms with E-state index in [1.165, 1.54) is 0 Å². The van der Waals surface area contributed by atoms with Gasteiger partial charge in [0, 0.05) is 36.6 Å². The largest absolute Gasteiger partial charge is 0.497 e. The van der Waals surface area contributed by atoms with Gasteiger partial charge in [0.1, 0.15) is 5.75 Å². The number of carbonyl (C=O) groups is 1. The molecule has 1 aromatic heterocycles. The van der Waals surface area contributed by atoms with Gasteiger partial charge in [-0.05, 0) is 55.3 Å². The SMILES string of the molecule is COc1ccc(-c2nn(-c3ccccc3)cc2/C=C/C(=O)NC[C@H]2CCCO2)cc1. The third kappa shape index (κ3) is 4.78. The highest BCUT2D eigenvalue weighted by Crippen LogP contribution is 2.26. The van der Waals surface area contributed by atoms with Gasteiger partial charge < -0.3 is 14.8 Å². The minimum Gasteiger partial charge on any atom is -0.497 e. The zero-order valence-corrected chi connectivity index (χ0v) is 17.0. The van der Waals surface area contributed by atoms with Crippen LogP contribution in [0.4, 0.5) is 0 Å². The van der Waals surface area contributed by atoms with Crippen LogP contribution in [0.25, 0.3) is 23.0 Å². The molecule has 1 aliphatic rings. The Balaban J connectivity index is 1.57. The van der Waals surface area contributed by atoms with E-state index in [0.29, 0.717) is 6.54 Å². The van der Waals surface area contributed by atoms with Crippen molar-refractivity contribution in [3.8, 4) is 22.7 Å². The number of para-hydroxylation sites is 1. The van der Waals surface area contributed by atoms with Crippen LogP contribution in [-0.4, -0.2) is 42.1 Å². The molecule has 0 saturated carbocycles. The summed E-state index contributed by atoms with van der Waals surface area (Å²) in [5.74, 6) is 0.644. The highest BCUT2D eigenvalue weighted by molar-refractivity contribution is 5.92. The predicted molar refractivity (Wildman–Crippen MR) is 117 cm³/mol. The van der Waals surface area contributed by atoms with E-state index in [4.69, 9.17) is 14.6 Å². The minimum atomic E-state index is -0.140. The first-order valence-corrected chi connectivity index (χ1v) is 10.1. The Bertz CT molecular complexity index is 1000. The minimum absolute atomic E-state index is 0.123. The van der Waals surface area contributed by atoms with Crippen molar-refractivity contribution in [2.24, 2.45) is 0 Å². The molecule has 3 aromatic rings. The molecule has 1 N–H and O–H groups in total. The molecular formula is C24H25N3O3. The molecule has 1 amide bonds. The normalized spacial score (nSPS) is 16.1. The van der Waals surface area contributed by atoms with Crippen LogP contribution in [0.2, 0.25) is 0 Å². The van der Waals surface area contributed by atoms with Gasteiger partial charge >= 0.3 is 0 Å². The van der Waals surface area contributed by atoms with Gasteiger partial charge in [-0.25, -0.2) is 4.68 Å². The molecule has 30 heavy (non-hydrogen) atoms. The highest BCUT2D eigenvalue weighted by Gasteiger charge is 2.16. The molecule has 1 fully saturated rings. The molecule has 0 spiro atoms. The molecule has 1 saturated heterocycles. The quantitative estimate of drug-likeness (QED) is 0.609. The van der Waals surface area contributed by atoms with Crippen molar-refractivity contribution >= 4 is 12.0 Å². The summed E-state index contributed by atoms with van der Waals surface area (Å²) in [7, 11) is 1.64. The number of carbonyl (C=O) groups excluding carboxylic acids is 1.